The Hall–Kier alpha value is -2.36. The first-order chi connectivity index (χ1) is 10.3. The molecular weight excluding hydrogens is 264 g/mol. The van der Waals surface area contributed by atoms with Gasteiger partial charge >= 0.3 is 0 Å². The molecule has 0 aliphatic heterocycles. The number of methoxy groups -OCH3 is 1. The predicted molar refractivity (Wildman–Crippen MR) is 82.3 cm³/mol. The Kier molecular flexibility index (Phi) is 5.76. The van der Waals surface area contributed by atoms with E-state index < -0.39 is 0 Å². The van der Waals surface area contributed by atoms with Crippen molar-refractivity contribution < 1.29 is 9.53 Å². The lowest BCUT2D eigenvalue weighted by Crippen LogP contribution is -2.25. The zero-order valence-electron chi connectivity index (χ0n) is 12.2. The Labute approximate surface area is 125 Å². The number of carbonyl (C=O) groups is 1. The molecule has 1 aromatic carbocycles. The average Bonchev–Trinajstić information content (AvgIpc) is 2.54. The predicted octanol–water partition coefficient (Wildman–Crippen LogP) is 2.38. The second-order valence-corrected chi connectivity index (χ2v) is 4.77. The standard InChI is InChI=1S/C17H20N2O2/c1-21-16-7-4-5-14(13-16)10-12-19-17(20)9-8-15-6-2-3-11-18-15/h2-7,11,13H,8-10,12H2,1H3,(H,19,20). The Balaban J connectivity index is 1.69. The molecule has 2 rings (SSSR count). The van der Waals surface area contributed by atoms with Crippen molar-refractivity contribution in [1.29, 1.82) is 0 Å². The third-order valence-corrected chi connectivity index (χ3v) is 3.20. The second-order valence-electron chi connectivity index (χ2n) is 4.77. The SMILES string of the molecule is COc1cccc(CCNC(=O)CCc2ccccn2)c1. The Morgan fingerprint density at radius 1 is 1.19 bits per heavy atom. The number of ether oxygens (including phenoxy) is 1. The molecule has 1 aromatic heterocycles. The molecule has 0 radical (unpaired) electrons. The van der Waals surface area contributed by atoms with Crippen LogP contribution < -0.4 is 10.1 Å². The van der Waals surface area contributed by atoms with E-state index in [1.54, 1.807) is 13.3 Å². The number of nitrogens with one attached hydrogen (secondary N) is 1. The highest BCUT2D eigenvalue weighted by Gasteiger charge is 2.03. The maximum atomic E-state index is 11.8. The van der Waals surface area contributed by atoms with Gasteiger partial charge < -0.3 is 10.1 Å². The number of hydrogen-bond donors (Lipinski definition) is 1. The summed E-state index contributed by atoms with van der Waals surface area (Å²) >= 11 is 0. The van der Waals surface area contributed by atoms with E-state index >= 15 is 0 Å². The van der Waals surface area contributed by atoms with Crippen LogP contribution in [0, 0.1) is 0 Å². The van der Waals surface area contributed by atoms with Crippen molar-refractivity contribution in [2.45, 2.75) is 19.3 Å². The fraction of sp³-hybridized carbons (Fsp3) is 0.294. The normalized spacial score (nSPS) is 10.1. The summed E-state index contributed by atoms with van der Waals surface area (Å²) in [4.78, 5) is 16.0. The number of benzene rings is 1. The van der Waals surface area contributed by atoms with Crippen LogP contribution in [0.3, 0.4) is 0 Å². The van der Waals surface area contributed by atoms with Gasteiger partial charge in [0.25, 0.3) is 0 Å². The minimum Gasteiger partial charge on any atom is -0.497 e. The van der Waals surface area contributed by atoms with Crippen LogP contribution >= 0.6 is 0 Å². The minimum atomic E-state index is 0.0588. The van der Waals surface area contributed by atoms with Crippen LogP contribution in [0.4, 0.5) is 0 Å². The minimum absolute atomic E-state index is 0.0588. The van der Waals surface area contributed by atoms with Gasteiger partial charge in [-0.15, -0.1) is 0 Å². The third kappa shape index (κ3) is 5.26. The number of pyridine rings is 1. The molecule has 0 aliphatic rings. The van der Waals surface area contributed by atoms with Gasteiger partial charge in [-0.05, 0) is 42.7 Å². The first kappa shape index (κ1) is 15.0. The van der Waals surface area contributed by atoms with Gasteiger partial charge in [0.15, 0.2) is 0 Å². The quantitative estimate of drug-likeness (QED) is 0.849. The maximum absolute atomic E-state index is 11.8. The van der Waals surface area contributed by atoms with Crippen molar-refractivity contribution >= 4 is 5.91 Å². The molecule has 0 fully saturated rings. The zero-order chi connectivity index (χ0) is 14.9. The average molecular weight is 284 g/mol. The molecule has 1 N–H and O–H groups in total. The molecule has 0 saturated heterocycles. The zero-order valence-corrected chi connectivity index (χ0v) is 12.2. The molecule has 0 bridgehead atoms. The lowest BCUT2D eigenvalue weighted by atomic mass is 10.1. The molecule has 4 nitrogen and oxygen atoms in total. The lowest BCUT2D eigenvalue weighted by molar-refractivity contribution is -0.121. The molecule has 4 heteroatoms. The number of nitrogens with zero attached hydrogens (tertiary/aromatic N) is 1. The van der Waals surface area contributed by atoms with E-state index in [9.17, 15) is 4.79 Å². The van der Waals surface area contributed by atoms with Crippen LogP contribution in [-0.2, 0) is 17.6 Å². The van der Waals surface area contributed by atoms with Crippen molar-refractivity contribution in [2.75, 3.05) is 13.7 Å². The first-order valence-corrected chi connectivity index (χ1v) is 7.07. The van der Waals surface area contributed by atoms with E-state index in [2.05, 4.69) is 10.3 Å². The number of aryl methyl sites for hydroxylation is 1. The number of carbonyl (C=O) groups excluding carboxylic acids is 1. The van der Waals surface area contributed by atoms with Crippen molar-refractivity contribution in [3.8, 4) is 5.75 Å². The first-order valence-electron chi connectivity index (χ1n) is 7.07. The number of rotatable bonds is 7. The van der Waals surface area contributed by atoms with E-state index in [0.717, 1.165) is 23.4 Å². The third-order valence-electron chi connectivity index (χ3n) is 3.20. The van der Waals surface area contributed by atoms with Gasteiger partial charge in [0.1, 0.15) is 5.75 Å². The highest BCUT2D eigenvalue weighted by atomic mass is 16.5. The Bertz CT molecular complexity index is 570. The van der Waals surface area contributed by atoms with Crippen molar-refractivity contribution in [1.82, 2.24) is 10.3 Å². The summed E-state index contributed by atoms with van der Waals surface area (Å²) < 4.78 is 5.18. The van der Waals surface area contributed by atoms with E-state index in [-0.39, 0.29) is 5.91 Å². The molecule has 0 spiro atoms. The smallest absolute Gasteiger partial charge is 0.220 e. The summed E-state index contributed by atoms with van der Waals surface area (Å²) in [7, 11) is 1.65. The summed E-state index contributed by atoms with van der Waals surface area (Å²) in [6, 6.07) is 13.6. The number of aromatic nitrogens is 1. The van der Waals surface area contributed by atoms with Crippen molar-refractivity contribution in [3.63, 3.8) is 0 Å². The van der Waals surface area contributed by atoms with Crippen molar-refractivity contribution in [3.05, 3.63) is 59.9 Å². The Morgan fingerprint density at radius 3 is 2.86 bits per heavy atom. The summed E-state index contributed by atoms with van der Waals surface area (Å²) in [6.07, 6.45) is 3.68. The summed E-state index contributed by atoms with van der Waals surface area (Å²) in [5.74, 6) is 0.900. The van der Waals surface area contributed by atoms with Crippen molar-refractivity contribution in [2.24, 2.45) is 0 Å². The molecule has 0 unspecified atom stereocenters. The highest BCUT2D eigenvalue weighted by Crippen LogP contribution is 2.12. The van der Waals surface area contributed by atoms with Crippen LogP contribution in [-0.4, -0.2) is 24.5 Å². The summed E-state index contributed by atoms with van der Waals surface area (Å²) in [5.41, 5.74) is 2.10. The van der Waals surface area contributed by atoms with Crippen LogP contribution in [0.15, 0.2) is 48.7 Å². The van der Waals surface area contributed by atoms with Gasteiger partial charge in [0.05, 0.1) is 7.11 Å². The Morgan fingerprint density at radius 2 is 2.10 bits per heavy atom. The van der Waals surface area contributed by atoms with Gasteiger partial charge in [-0.3, -0.25) is 9.78 Å². The van der Waals surface area contributed by atoms with E-state index in [1.165, 1.54) is 0 Å². The number of hydrogen-bond acceptors (Lipinski definition) is 3. The van der Waals surface area contributed by atoms with E-state index in [1.807, 2.05) is 42.5 Å². The van der Waals surface area contributed by atoms with Gasteiger partial charge in [-0.25, -0.2) is 0 Å². The largest absolute Gasteiger partial charge is 0.497 e. The summed E-state index contributed by atoms with van der Waals surface area (Å²) in [6.45, 7) is 0.633. The van der Waals surface area contributed by atoms with Crippen LogP contribution in [0.5, 0.6) is 5.75 Å². The second kappa shape index (κ2) is 8.04. The topological polar surface area (TPSA) is 51.2 Å². The van der Waals surface area contributed by atoms with Gasteiger partial charge in [0, 0.05) is 24.9 Å². The fourth-order valence-electron chi connectivity index (χ4n) is 2.05. The van der Waals surface area contributed by atoms with E-state index in [0.29, 0.717) is 19.4 Å². The van der Waals surface area contributed by atoms with Gasteiger partial charge in [0.2, 0.25) is 5.91 Å². The molecule has 1 amide bonds. The molecule has 1 heterocycles. The highest BCUT2D eigenvalue weighted by molar-refractivity contribution is 5.76. The molecule has 0 saturated carbocycles. The molecule has 0 atom stereocenters. The lowest BCUT2D eigenvalue weighted by Gasteiger charge is -2.06. The fourth-order valence-corrected chi connectivity index (χ4v) is 2.05. The number of amides is 1. The molecule has 0 aliphatic carbocycles. The van der Waals surface area contributed by atoms with Gasteiger partial charge in [-0.1, -0.05) is 18.2 Å². The monoisotopic (exact) mass is 284 g/mol. The van der Waals surface area contributed by atoms with Crippen LogP contribution in [0.2, 0.25) is 0 Å². The molecule has 2 aromatic rings. The molecule has 21 heavy (non-hydrogen) atoms. The summed E-state index contributed by atoms with van der Waals surface area (Å²) in [5, 5.41) is 2.93. The molecular formula is C17H20N2O2. The van der Waals surface area contributed by atoms with E-state index in [4.69, 9.17) is 4.74 Å². The maximum Gasteiger partial charge on any atom is 0.220 e. The molecule has 110 valence electrons. The van der Waals surface area contributed by atoms with Crippen LogP contribution in [0.1, 0.15) is 17.7 Å². The van der Waals surface area contributed by atoms with Crippen LogP contribution in [0.25, 0.3) is 0 Å². The van der Waals surface area contributed by atoms with Gasteiger partial charge in [-0.2, -0.15) is 0 Å².